The van der Waals surface area contributed by atoms with Crippen molar-refractivity contribution >= 4 is 53.5 Å². The van der Waals surface area contributed by atoms with Gasteiger partial charge in [0.1, 0.15) is 17.6 Å². The highest BCUT2D eigenvalue weighted by atomic mass is 32.2. The van der Waals surface area contributed by atoms with Crippen molar-refractivity contribution in [1.29, 1.82) is 0 Å². The van der Waals surface area contributed by atoms with Gasteiger partial charge in [0.15, 0.2) is 55.3 Å². The zero-order valence-electron chi connectivity index (χ0n) is 28.7. The van der Waals surface area contributed by atoms with E-state index in [1.54, 1.807) is 6.26 Å². The molecule has 0 aromatic heterocycles. The number of ether oxygens (including phenoxy) is 12. The van der Waals surface area contributed by atoms with Crippen LogP contribution in [0.3, 0.4) is 0 Å². The molecule has 0 radical (unpaired) electrons. The van der Waals surface area contributed by atoms with Crippen molar-refractivity contribution in [3.05, 3.63) is 0 Å². The third-order valence-corrected chi connectivity index (χ3v) is 8.00. The molecule has 12 atom stereocenters. The molecule has 0 spiro atoms. The maximum atomic E-state index is 12.4. The third kappa shape index (κ3) is 11.5. The van der Waals surface area contributed by atoms with Gasteiger partial charge in [0.2, 0.25) is 0 Å². The Labute approximate surface area is 291 Å². The second-order valence-electron chi connectivity index (χ2n) is 11.3. The Kier molecular flexibility index (Phi) is 15.2. The van der Waals surface area contributed by atoms with Crippen LogP contribution in [0.1, 0.15) is 48.5 Å². The molecule has 3 aliphatic heterocycles. The minimum absolute atomic E-state index is 0.187. The average molecular weight is 739 g/mol. The lowest BCUT2D eigenvalue weighted by Gasteiger charge is -2.46. The molecule has 282 valence electrons. The van der Waals surface area contributed by atoms with Gasteiger partial charge in [0, 0.05) is 48.5 Å². The Balaban J connectivity index is 1.94. The summed E-state index contributed by atoms with van der Waals surface area (Å²) in [4.78, 5) is 84.6. The van der Waals surface area contributed by atoms with E-state index in [4.69, 9.17) is 56.8 Å². The SMILES string of the molecule is CS[C@@H]1OC[C@@H](O[C@@H]2OC[C@@H](O[C@@H]3OC[C@@H](OC(C)=O)[C@H](OC(C)=O)[C@H]3OC(C)=O)[C@H](OC(C)=O)[C@H]2OC(C)=O)[C@H](OC(C)=O)[C@H]1OC(C)=O. The van der Waals surface area contributed by atoms with Gasteiger partial charge in [-0.3, -0.25) is 33.6 Å². The fourth-order valence-electron chi connectivity index (χ4n) is 5.51. The number of esters is 7. The Bertz CT molecular complexity index is 1260. The highest BCUT2D eigenvalue weighted by Crippen LogP contribution is 2.34. The van der Waals surface area contributed by atoms with Gasteiger partial charge in [-0.25, -0.2) is 0 Å². The van der Waals surface area contributed by atoms with Crippen molar-refractivity contribution in [2.24, 2.45) is 0 Å². The molecule has 3 aliphatic rings. The Morgan fingerprint density at radius 3 is 1.10 bits per heavy atom. The van der Waals surface area contributed by atoms with Crippen LogP contribution >= 0.6 is 11.8 Å². The molecule has 3 heterocycles. The number of rotatable bonds is 12. The summed E-state index contributed by atoms with van der Waals surface area (Å²) < 4.78 is 67.7. The van der Waals surface area contributed by atoms with Gasteiger partial charge in [-0.1, -0.05) is 0 Å². The number of thioether (sulfide) groups is 1. The molecule has 3 rings (SSSR count). The van der Waals surface area contributed by atoms with Crippen molar-refractivity contribution in [3.8, 4) is 0 Å². The highest BCUT2D eigenvalue weighted by Gasteiger charge is 2.54. The predicted octanol–water partition coefficient (Wildman–Crippen LogP) is -0.289. The molecular formula is C30H42O19S. The summed E-state index contributed by atoms with van der Waals surface area (Å²) in [6.07, 6.45) is -13.2. The maximum absolute atomic E-state index is 12.4. The van der Waals surface area contributed by atoms with E-state index in [2.05, 4.69) is 0 Å². The first-order chi connectivity index (χ1) is 23.5. The number of hydrogen-bond acceptors (Lipinski definition) is 20. The van der Waals surface area contributed by atoms with E-state index < -0.39 is 121 Å². The van der Waals surface area contributed by atoms with E-state index in [1.165, 1.54) is 18.7 Å². The molecule has 0 saturated carbocycles. The molecule has 0 aromatic carbocycles. The molecule has 0 N–H and O–H groups in total. The maximum Gasteiger partial charge on any atom is 0.303 e. The molecule has 0 amide bonds. The van der Waals surface area contributed by atoms with Crippen molar-refractivity contribution in [2.75, 3.05) is 26.1 Å². The van der Waals surface area contributed by atoms with E-state index in [0.29, 0.717) is 0 Å². The normalized spacial score (nSPS) is 33.9. The Hall–Kier alpha value is -3.56. The zero-order chi connectivity index (χ0) is 37.3. The smallest absolute Gasteiger partial charge is 0.303 e. The predicted molar refractivity (Wildman–Crippen MR) is 161 cm³/mol. The molecule has 19 nitrogen and oxygen atoms in total. The first-order valence-corrected chi connectivity index (χ1v) is 16.7. The summed E-state index contributed by atoms with van der Waals surface area (Å²) in [5, 5.41) is 0. The van der Waals surface area contributed by atoms with Crippen molar-refractivity contribution < 1.29 is 90.4 Å². The first kappa shape index (κ1) is 40.9. The molecular weight excluding hydrogens is 696 g/mol. The van der Waals surface area contributed by atoms with Gasteiger partial charge in [0.25, 0.3) is 0 Å². The number of carbonyl (C=O) groups is 7. The van der Waals surface area contributed by atoms with Crippen LogP contribution in [0, 0.1) is 0 Å². The molecule has 0 aliphatic carbocycles. The first-order valence-electron chi connectivity index (χ1n) is 15.4. The van der Waals surface area contributed by atoms with Crippen LogP contribution in [0.25, 0.3) is 0 Å². The molecule has 50 heavy (non-hydrogen) atoms. The average Bonchev–Trinajstić information content (AvgIpc) is 2.98. The molecule has 20 heteroatoms. The Morgan fingerprint density at radius 2 is 0.720 bits per heavy atom. The molecule has 3 saturated heterocycles. The standard InChI is InChI=1S/C30H42O19S/c1-12(31)41-19-9-38-28(25(45-16(5)35)22(19)42-13(2)32)48-20-10-39-29(26(46-17(6)36)23(20)43-14(3)33)49-21-11-40-30(50-8)27(47-18(7)37)24(21)44-15(4)34/h19-30H,9-11H2,1-8H3/t19-,20-,21-,22+,23+,24+,25-,26-,27-,28+,29+,30+/m1/s1. The van der Waals surface area contributed by atoms with E-state index in [0.717, 1.165) is 41.5 Å². The minimum Gasteiger partial charge on any atom is -0.456 e. The van der Waals surface area contributed by atoms with Gasteiger partial charge in [-0.05, 0) is 6.26 Å². The second-order valence-corrected chi connectivity index (χ2v) is 12.2. The summed E-state index contributed by atoms with van der Waals surface area (Å²) in [7, 11) is 0. The minimum atomic E-state index is -1.53. The van der Waals surface area contributed by atoms with Crippen LogP contribution in [0.2, 0.25) is 0 Å². The summed E-state index contributed by atoms with van der Waals surface area (Å²) in [6, 6.07) is 0. The summed E-state index contributed by atoms with van der Waals surface area (Å²) in [6.45, 7) is 6.80. The summed E-state index contributed by atoms with van der Waals surface area (Å²) >= 11 is 1.20. The highest BCUT2D eigenvalue weighted by molar-refractivity contribution is 7.99. The van der Waals surface area contributed by atoms with E-state index in [-0.39, 0.29) is 13.2 Å². The monoisotopic (exact) mass is 738 g/mol. The third-order valence-electron chi connectivity index (χ3n) is 7.13. The molecule has 3 fully saturated rings. The molecule has 0 aromatic rings. The van der Waals surface area contributed by atoms with Crippen molar-refractivity contribution in [2.45, 2.75) is 121 Å². The largest absolute Gasteiger partial charge is 0.456 e. The number of carbonyl (C=O) groups excluding carboxylic acids is 7. The summed E-state index contributed by atoms with van der Waals surface area (Å²) in [5.41, 5.74) is -0.733. The van der Waals surface area contributed by atoms with Crippen LogP contribution in [-0.4, -0.2) is 141 Å². The van der Waals surface area contributed by atoms with Gasteiger partial charge in [-0.2, -0.15) is 0 Å². The van der Waals surface area contributed by atoms with Gasteiger partial charge < -0.3 is 56.8 Å². The van der Waals surface area contributed by atoms with Gasteiger partial charge in [0.05, 0.1) is 19.8 Å². The topological polar surface area (TPSA) is 230 Å². The van der Waals surface area contributed by atoms with Crippen LogP contribution in [0.15, 0.2) is 0 Å². The molecule has 0 bridgehead atoms. The lowest BCUT2D eigenvalue weighted by Crippen LogP contribution is -2.64. The van der Waals surface area contributed by atoms with E-state index >= 15 is 0 Å². The molecule has 0 unspecified atom stereocenters. The van der Waals surface area contributed by atoms with Crippen LogP contribution in [-0.2, 0) is 90.4 Å². The lowest BCUT2D eigenvalue weighted by atomic mass is 10.0. The second kappa shape index (κ2) is 18.6. The fourth-order valence-corrected chi connectivity index (χ4v) is 6.21. The van der Waals surface area contributed by atoms with Gasteiger partial charge >= 0.3 is 41.8 Å². The van der Waals surface area contributed by atoms with E-state index in [1.807, 2.05) is 0 Å². The van der Waals surface area contributed by atoms with Crippen LogP contribution in [0.5, 0.6) is 0 Å². The van der Waals surface area contributed by atoms with E-state index in [9.17, 15) is 33.6 Å². The Morgan fingerprint density at radius 1 is 0.420 bits per heavy atom. The van der Waals surface area contributed by atoms with Crippen LogP contribution in [0.4, 0.5) is 0 Å². The van der Waals surface area contributed by atoms with Crippen LogP contribution < -0.4 is 0 Å². The number of hydrogen-bond donors (Lipinski definition) is 0. The van der Waals surface area contributed by atoms with Crippen molar-refractivity contribution in [1.82, 2.24) is 0 Å². The zero-order valence-corrected chi connectivity index (χ0v) is 29.5. The van der Waals surface area contributed by atoms with Gasteiger partial charge in [-0.15, -0.1) is 11.8 Å². The lowest BCUT2D eigenvalue weighted by molar-refractivity contribution is -0.343. The fraction of sp³-hybridized carbons (Fsp3) is 0.767. The quantitative estimate of drug-likeness (QED) is 0.185. The summed E-state index contributed by atoms with van der Waals surface area (Å²) in [5.74, 6) is -5.42. The van der Waals surface area contributed by atoms with Crippen molar-refractivity contribution in [3.63, 3.8) is 0 Å².